The fourth-order valence-electron chi connectivity index (χ4n) is 3.15. The minimum absolute atomic E-state index is 0.00803. The Labute approximate surface area is 133 Å². The third-order valence-corrected chi connectivity index (χ3v) is 4.39. The summed E-state index contributed by atoms with van der Waals surface area (Å²) in [6.45, 7) is 1.41. The SMILES string of the molecule is O=C(c1nccc2ccccc12)N1CCC(n2nccn2)CC1. The van der Waals surface area contributed by atoms with Gasteiger partial charge >= 0.3 is 0 Å². The van der Waals surface area contributed by atoms with Crippen molar-refractivity contribution in [3.63, 3.8) is 0 Å². The molecule has 6 heteroatoms. The van der Waals surface area contributed by atoms with E-state index >= 15 is 0 Å². The van der Waals surface area contributed by atoms with Crippen LogP contribution in [-0.2, 0) is 0 Å². The van der Waals surface area contributed by atoms with Gasteiger partial charge in [-0.3, -0.25) is 9.78 Å². The van der Waals surface area contributed by atoms with Crippen molar-refractivity contribution in [3.05, 3.63) is 54.6 Å². The van der Waals surface area contributed by atoms with Crippen LogP contribution in [0.4, 0.5) is 0 Å². The van der Waals surface area contributed by atoms with Gasteiger partial charge in [0.15, 0.2) is 0 Å². The molecule has 6 nitrogen and oxygen atoms in total. The van der Waals surface area contributed by atoms with Crippen LogP contribution in [0.25, 0.3) is 10.8 Å². The molecule has 23 heavy (non-hydrogen) atoms. The summed E-state index contributed by atoms with van der Waals surface area (Å²) < 4.78 is 0. The van der Waals surface area contributed by atoms with Crippen LogP contribution in [0.2, 0.25) is 0 Å². The number of piperidine rings is 1. The van der Waals surface area contributed by atoms with E-state index in [4.69, 9.17) is 0 Å². The molecule has 116 valence electrons. The summed E-state index contributed by atoms with van der Waals surface area (Å²) >= 11 is 0. The van der Waals surface area contributed by atoms with E-state index < -0.39 is 0 Å². The summed E-state index contributed by atoms with van der Waals surface area (Å²) in [7, 11) is 0. The largest absolute Gasteiger partial charge is 0.337 e. The average molecular weight is 307 g/mol. The second-order valence-corrected chi connectivity index (χ2v) is 5.75. The van der Waals surface area contributed by atoms with Gasteiger partial charge in [-0.05, 0) is 24.3 Å². The first-order chi connectivity index (χ1) is 11.3. The van der Waals surface area contributed by atoms with E-state index in [1.165, 1.54) is 0 Å². The molecule has 0 bridgehead atoms. The second kappa shape index (κ2) is 5.79. The predicted molar refractivity (Wildman–Crippen MR) is 85.9 cm³/mol. The van der Waals surface area contributed by atoms with Crippen LogP contribution in [0.5, 0.6) is 0 Å². The number of amides is 1. The zero-order chi connectivity index (χ0) is 15.6. The number of benzene rings is 1. The van der Waals surface area contributed by atoms with E-state index in [9.17, 15) is 4.79 Å². The molecular weight excluding hydrogens is 290 g/mol. The number of aromatic nitrogens is 4. The van der Waals surface area contributed by atoms with Crippen LogP contribution in [0.1, 0.15) is 29.4 Å². The molecule has 0 saturated carbocycles. The smallest absolute Gasteiger partial charge is 0.273 e. The number of nitrogens with zero attached hydrogens (tertiary/aromatic N) is 5. The molecule has 1 aliphatic heterocycles. The summed E-state index contributed by atoms with van der Waals surface area (Å²) in [5, 5.41) is 10.4. The Morgan fingerprint density at radius 1 is 1.00 bits per heavy atom. The molecule has 1 saturated heterocycles. The summed E-state index contributed by atoms with van der Waals surface area (Å²) in [6.07, 6.45) is 6.82. The van der Waals surface area contributed by atoms with Gasteiger partial charge in [0.05, 0.1) is 18.4 Å². The molecule has 0 spiro atoms. The Morgan fingerprint density at radius 2 is 1.74 bits per heavy atom. The molecule has 1 aliphatic rings. The normalized spacial score (nSPS) is 15.9. The minimum atomic E-state index is 0.00803. The van der Waals surface area contributed by atoms with Crippen molar-refractivity contribution in [2.75, 3.05) is 13.1 Å². The summed E-state index contributed by atoms with van der Waals surface area (Å²) in [4.78, 5) is 20.8. The number of carbonyl (C=O) groups excluding carboxylic acids is 1. The Bertz CT molecular complexity index is 817. The average Bonchev–Trinajstić information content (AvgIpc) is 3.15. The lowest BCUT2D eigenvalue weighted by atomic mass is 10.0. The maximum absolute atomic E-state index is 12.8. The summed E-state index contributed by atoms with van der Waals surface area (Å²) in [5.74, 6) is 0.00803. The van der Waals surface area contributed by atoms with Crippen LogP contribution < -0.4 is 0 Å². The first-order valence-corrected chi connectivity index (χ1v) is 7.82. The van der Waals surface area contributed by atoms with Gasteiger partial charge in [-0.15, -0.1) is 0 Å². The molecule has 3 aromatic rings. The standard InChI is InChI=1S/C17H17N5O/c23-17(16-15-4-2-1-3-13(15)5-8-18-16)21-11-6-14(7-12-21)22-19-9-10-20-22/h1-5,8-10,14H,6-7,11-12H2. The lowest BCUT2D eigenvalue weighted by Crippen LogP contribution is -2.39. The van der Waals surface area contributed by atoms with Crippen molar-refractivity contribution < 1.29 is 4.79 Å². The number of hydrogen-bond acceptors (Lipinski definition) is 4. The maximum atomic E-state index is 12.8. The highest BCUT2D eigenvalue weighted by Crippen LogP contribution is 2.23. The molecule has 1 fully saturated rings. The number of likely N-dealkylation sites (tertiary alicyclic amines) is 1. The third-order valence-electron chi connectivity index (χ3n) is 4.39. The lowest BCUT2D eigenvalue weighted by Gasteiger charge is -2.31. The lowest BCUT2D eigenvalue weighted by molar-refractivity contribution is 0.0680. The van der Waals surface area contributed by atoms with Crippen LogP contribution in [0, 0.1) is 0 Å². The van der Waals surface area contributed by atoms with Gasteiger partial charge < -0.3 is 4.90 Å². The molecule has 0 atom stereocenters. The van der Waals surface area contributed by atoms with E-state index in [0.717, 1.165) is 23.6 Å². The number of hydrogen-bond donors (Lipinski definition) is 0. The molecule has 0 aliphatic carbocycles. The van der Waals surface area contributed by atoms with Crippen molar-refractivity contribution in [1.82, 2.24) is 24.9 Å². The van der Waals surface area contributed by atoms with Gasteiger partial charge in [0.1, 0.15) is 5.69 Å². The highest BCUT2D eigenvalue weighted by atomic mass is 16.2. The first kappa shape index (κ1) is 13.9. The fourth-order valence-corrected chi connectivity index (χ4v) is 3.15. The second-order valence-electron chi connectivity index (χ2n) is 5.75. The van der Waals surface area contributed by atoms with E-state index in [-0.39, 0.29) is 11.9 Å². The number of carbonyl (C=O) groups is 1. The molecule has 1 aromatic carbocycles. The Balaban J connectivity index is 1.54. The predicted octanol–water partition coefficient (Wildman–Crippen LogP) is 2.30. The zero-order valence-corrected chi connectivity index (χ0v) is 12.7. The summed E-state index contributed by atoms with van der Waals surface area (Å²) in [6, 6.07) is 10.1. The summed E-state index contributed by atoms with van der Waals surface area (Å²) in [5.41, 5.74) is 0.541. The zero-order valence-electron chi connectivity index (χ0n) is 12.7. The Morgan fingerprint density at radius 3 is 2.52 bits per heavy atom. The van der Waals surface area contributed by atoms with E-state index in [1.54, 1.807) is 23.4 Å². The van der Waals surface area contributed by atoms with Crippen LogP contribution in [0.3, 0.4) is 0 Å². The van der Waals surface area contributed by atoms with E-state index in [0.29, 0.717) is 18.8 Å². The molecule has 3 heterocycles. The molecule has 4 rings (SSSR count). The van der Waals surface area contributed by atoms with Crippen molar-refractivity contribution in [1.29, 1.82) is 0 Å². The van der Waals surface area contributed by atoms with Crippen molar-refractivity contribution in [2.24, 2.45) is 0 Å². The highest BCUT2D eigenvalue weighted by molar-refractivity contribution is 6.05. The van der Waals surface area contributed by atoms with Crippen molar-refractivity contribution >= 4 is 16.7 Å². The van der Waals surface area contributed by atoms with E-state index in [2.05, 4.69) is 15.2 Å². The van der Waals surface area contributed by atoms with Crippen molar-refractivity contribution in [3.8, 4) is 0 Å². The quantitative estimate of drug-likeness (QED) is 0.729. The van der Waals surface area contributed by atoms with Gasteiger partial charge in [0.25, 0.3) is 5.91 Å². The molecular formula is C17H17N5O. The van der Waals surface area contributed by atoms with Crippen LogP contribution >= 0.6 is 0 Å². The van der Waals surface area contributed by atoms with Gasteiger partial charge in [-0.2, -0.15) is 15.0 Å². The van der Waals surface area contributed by atoms with Gasteiger partial charge in [-0.25, -0.2) is 0 Å². The van der Waals surface area contributed by atoms with Gasteiger partial charge in [0, 0.05) is 24.7 Å². The van der Waals surface area contributed by atoms with Crippen LogP contribution in [-0.4, -0.2) is 43.9 Å². The highest BCUT2D eigenvalue weighted by Gasteiger charge is 2.26. The first-order valence-electron chi connectivity index (χ1n) is 7.82. The third kappa shape index (κ3) is 2.56. The fraction of sp³-hybridized carbons (Fsp3) is 0.294. The van der Waals surface area contributed by atoms with E-state index in [1.807, 2.05) is 35.2 Å². The van der Waals surface area contributed by atoms with Gasteiger partial charge in [-0.1, -0.05) is 24.3 Å². The minimum Gasteiger partial charge on any atom is -0.337 e. The molecule has 2 aromatic heterocycles. The Hall–Kier alpha value is -2.76. The number of pyridine rings is 1. The topological polar surface area (TPSA) is 63.9 Å². The van der Waals surface area contributed by atoms with Gasteiger partial charge in [0.2, 0.25) is 0 Å². The molecule has 0 unspecified atom stereocenters. The molecule has 0 radical (unpaired) electrons. The monoisotopic (exact) mass is 307 g/mol. The molecule has 0 N–H and O–H groups in total. The maximum Gasteiger partial charge on any atom is 0.273 e. The number of rotatable bonds is 2. The number of fused-ring (bicyclic) bond motifs is 1. The molecule has 1 amide bonds. The van der Waals surface area contributed by atoms with Crippen molar-refractivity contribution in [2.45, 2.75) is 18.9 Å². The van der Waals surface area contributed by atoms with Crippen LogP contribution in [0.15, 0.2) is 48.9 Å². The Kier molecular flexibility index (Phi) is 3.49.